The van der Waals surface area contributed by atoms with Crippen molar-refractivity contribution in [3.05, 3.63) is 17.7 Å². The average Bonchev–Trinajstić information content (AvgIpc) is 2.26. The van der Waals surface area contributed by atoms with E-state index < -0.39 is 0 Å². The van der Waals surface area contributed by atoms with Crippen LogP contribution in [0.5, 0.6) is 11.5 Å². The minimum absolute atomic E-state index is 0.335. The van der Waals surface area contributed by atoms with Crippen LogP contribution in [0.15, 0.2) is 17.0 Å². The molecule has 0 atom stereocenters. The molecule has 15 heavy (non-hydrogen) atoms. The van der Waals surface area contributed by atoms with Gasteiger partial charge >= 0.3 is 0 Å². The van der Waals surface area contributed by atoms with E-state index in [9.17, 15) is 4.79 Å². The molecule has 0 fully saturated rings. The molecule has 0 bridgehead atoms. The SMILES string of the molecule is COc1cc(C(=O)S)c(OC)cc1SC. The lowest BCUT2D eigenvalue weighted by Gasteiger charge is -2.11. The van der Waals surface area contributed by atoms with E-state index in [1.165, 1.54) is 18.9 Å². The highest BCUT2D eigenvalue weighted by Gasteiger charge is 2.14. The minimum atomic E-state index is -0.335. The molecule has 1 rings (SSSR count). The first-order chi connectivity index (χ1) is 7.13. The van der Waals surface area contributed by atoms with Crippen LogP contribution in [0.1, 0.15) is 10.4 Å². The van der Waals surface area contributed by atoms with Gasteiger partial charge in [0.1, 0.15) is 11.5 Å². The number of carbonyl (C=O) groups excluding carboxylic acids is 1. The molecule has 0 saturated carbocycles. The Balaban J connectivity index is 3.34. The average molecular weight is 244 g/mol. The summed E-state index contributed by atoms with van der Waals surface area (Å²) in [5.41, 5.74) is 0.412. The Hall–Kier alpha value is -0.810. The normalized spacial score (nSPS) is 9.87. The Morgan fingerprint density at radius 1 is 1.27 bits per heavy atom. The summed E-state index contributed by atoms with van der Waals surface area (Å²) in [6.07, 6.45) is 1.93. The molecule has 82 valence electrons. The van der Waals surface area contributed by atoms with Gasteiger partial charge in [-0.3, -0.25) is 4.79 Å². The number of thiol groups is 1. The molecule has 0 spiro atoms. The Bertz CT molecular complexity index is 377. The highest BCUT2D eigenvalue weighted by molar-refractivity contribution is 7.98. The van der Waals surface area contributed by atoms with Gasteiger partial charge in [-0.2, -0.15) is 0 Å². The molecule has 5 heteroatoms. The van der Waals surface area contributed by atoms with Crippen molar-refractivity contribution in [2.45, 2.75) is 4.90 Å². The van der Waals surface area contributed by atoms with Gasteiger partial charge in [0.2, 0.25) is 5.12 Å². The fourth-order valence-corrected chi connectivity index (χ4v) is 1.94. The maximum absolute atomic E-state index is 11.2. The standard InChI is InChI=1S/C10H12O3S2/c1-12-7-5-9(15-3)8(13-2)4-6(7)10(11)14/h4-5H,1-3H3,(H,11,14). The predicted octanol–water partition coefficient (Wildman–Crippen LogP) is 2.50. The van der Waals surface area contributed by atoms with Crippen LogP contribution in [0.25, 0.3) is 0 Å². The van der Waals surface area contributed by atoms with E-state index in [0.29, 0.717) is 17.1 Å². The molecule has 0 N–H and O–H groups in total. The molecule has 0 unspecified atom stereocenters. The first kappa shape index (κ1) is 12.3. The molecular weight excluding hydrogens is 232 g/mol. The van der Waals surface area contributed by atoms with Crippen molar-refractivity contribution in [2.24, 2.45) is 0 Å². The lowest BCUT2D eigenvalue weighted by atomic mass is 10.2. The first-order valence-corrected chi connectivity index (χ1v) is 5.84. The molecule has 3 nitrogen and oxygen atoms in total. The van der Waals surface area contributed by atoms with Gasteiger partial charge in [-0.15, -0.1) is 24.4 Å². The molecule has 0 aliphatic rings. The van der Waals surface area contributed by atoms with E-state index in [0.717, 1.165) is 4.90 Å². The van der Waals surface area contributed by atoms with Crippen molar-refractivity contribution < 1.29 is 14.3 Å². The van der Waals surface area contributed by atoms with Crippen LogP contribution in [0.4, 0.5) is 0 Å². The number of benzene rings is 1. The second kappa shape index (κ2) is 5.32. The topological polar surface area (TPSA) is 35.5 Å². The summed E-state index contributed by atoms with van der Waals surface area (Å²) in [4.78, 5) is 12.1. The summed E-state index contributed by atoms with van der Waals surface area (Å²) in [7, 11) is 3.08. The van der Waals surface area contributed by atoms with Crippen LogP contribution in [0, 0.1) is 0 Å². The van der Waals surface area contributed by atoms with Crippen LogP contribution >= 0.6 is 24.4 Å². The number of rotatable bonds is 4. The van der Waals surface area contributed by atoms with Crippen molar-refractivity contribution in [1.29, 1.82) is 0 Å². The van der Waals surface area contributed by atoms with Crippen molar-refractivity contribution in [3.63, 3.8) is 0 Å². The van der Waals surface area contributed by atoms with Gasteiger partial charge in [0.15, 0.2) is 0 Å². The molecule has 0 aromatic heterocycles. The van der Waals surface area contributed by atoms with Crippen LogP contribution in [-0.4, -0.2) is 25.6 Å². The fourth-order valence-electron chi connectivity index (χ4n) is 1.20. The van der Waals surface area contributed by atoms with Gasteiger partial charge in [-0.1, -0.05) is 0 Å². The van der Waals surface area contributed by atoms with E-state index in [1.807, 2.05) is 6.26 Å². The van der Waals surface area contributed by atoms with Crippen LogP contribution in [0.3, 0.4) is 0 Å². The minimum Gasteiger partial charge on any atom is -0.496 e. The summed E-state index contributed by atoms with van der Waals surface area (Å²) in [5.74, 6) is 1.17. The zero-order chi connectivity index (χ0) is 11.4. The number of hydrogen-bond donors (Lipinski definition) is 1. The molecule has 0 aliphatic carbocycles. The molecule has 1 aromatic rings. The monoisotopic (exact) mass is 244 g/mol. The molecular formula is C10H12O3S2. The maximum atomic E-state index is 11.2. The molecule has 0 amide bonds. The van der Waals surface area contributed by atoms with Crippen molar-refractivity contribution in [1.82, 2.24) is 0 Å². The van der Waals surface area contributed by atoms with Crippen molar-refractivity contribution in [2.75, 3.05) is 20.5 Å². The van der Waals surface area contributed by atoms with Gasteiger partial charge in [0.25, 0.3) is 0 Å². The number of carbonyl (C=O) groups is 1. The second-order valence-electron chi connectivity index (χ2n) is 2.71. The van der Waals surface area contributed by atoms with Gasteiger partial charge in [-0.25, -0.2) is 0 Å². The Morgan fingerprint density at radius 2 is 1.87 bits per heavy atom. The van der Waals surface area contributed by atoms with E-state index in [4.69, 9.17) is 9.47 Å². The summed E-state index contributed by atoms with van der Waals surface area (Å²) in [6, 6.07) is 3.41. The third kappa shape index (κ3) is 2.60. The lowest BCUT2D eigenvalue weighted by molar-refractivity contribution is 0.108. The van der Waals surface area contributed by atoms with Crippen LogP contribution in [0.2, 0.25) is 0 Å². The van der Waals surface area contributed by atoms with Crippen molar-refractivity contribution >= 4 is 29.5 Å². The Labute approximate surface area is 98.6 Å². The Kier molecular flexibility index (Phi) is 4.35. The summed E-state index contributed by atoms with van der Waals surface area (Å²) < 4.78 is 10.3. The highest BCUT2D eigenvalue weighted by Crippen LogP contribution is 2.34. The van der Waals surface area contributed by atoms with Crippen molar-refractivity contribution in [3.8, 4) is 11.5 Å². The molecule has 0 aliphatic heterocycles. The number of methoxy groups -OCH3 is 2. The third-order valence-corrected chi connectivity index (χ3v) is 2.94. The first-order valence-electron chi connectivity index (χ1n) is 4.17. The zero-order valence-corrected chi connectivity index (χ0v) is 10.4. The summed E-state index contributed by atoms with van der Waals surface area (Å²) in [6.45, 7) is 0. The van der Waals surface area contributed by atoms with Crippen LogP contribution in [-0.2, 0) is 0 Å². The largest absolute Gasteiger partial charge is 0.496 e. The molecule has 0 radical (unpaired) electrons. The fraction of sp³-hybridized carbons (Fsp3) is 0.300. The van der Waals surface area contributed by atoms with Gasteiger partial charge in [0, 0.05) is 0 Å². The van der Waals surface area contributed by atoms with Gasteiger partial charge < -0.3 is 9.47 Å². The predicted molar refractivity (Wildman–Crippen MR) is 64.6 cm³/mol. The zero-order valence-electron chi connectivity index (χ0n) is 8.73. The smallest absolute Gasteiger partial charge is 0.220 e. The lowest BCUT2D eigenvalue weighted by Crippen LogP contribution is -1.98. The van der Waals surface area contributed by atoms with E-state index in [-0.39, 0.29) is 5.12 Å². The molecule has 1 aromatic carbocycles. The van der Waals surface area contributed by atoms with Gasteiger partial charge in [-0.05, 0) is 18.4 Å². The van der Waals surface area contributed by atoms with E-state index >= 15 is 0 Å². The van der Waals surface area contributed by atoms with Gasteiger partial charge in [0.05, 0.1) is 24.7 Å². The maximum Gasteiger partial charge on any atom is 0.220 e. The highest BCUT2D eigenvalue weighted by atomic mass is 32.2. The number of thioether (sulfide) groups is 1. The second-order valence-corrected chi connectivity index (χ2v) is 3.97. The third-order valence-electron chi connectivity index (χ3n) is 1.94. The quantitative estimate of drug-likeness (QED) is 0.652. The van der Waals surface area contributed by atoms with E-state index in [1.54, 1.807) is 19.2 Å². The van der Waals surface area contributed by atoms with Crippen LogP contribution < -0.4 is 9.47 Å². The molecule has 0 heterocycles. The molecule has 0 saturated heterocycles. The summed E-state index contributed by atoms with van der Waals surface area (Å²) in [5, 5.41) is -0.335. The van der Waals surface area contributed by atoms with E-state index in [2.05, 4.69) is 12.6 Å². The number of hydrogen-bond acceptors (Lipinski definition) is 4. The Morgan fingerprint density at radius 3 is 2.27 bits per heavy atom. The summed E-state index contributed by atoms with van der Waals surface area (Å²) >= 11 is 5.31. The number of ether oxygens (including phenoxy) is 2.